The van der Waals surface area contributed by atoms with Crippen molar-refractivity contribution in [2.45, 2.75) is 0 Å². The number of nitrogen functional groups attached to an aromatic ring is 2. The van der Waals surface area contributed by atoms with E-state index >= 15 is 0 Å². The molecule has 0 saturated carbocycles. The first-order valence-corrected chi connectivity index (χ1v) is 3.55. The summed E-state index contributed by atoms with van der Waals surface area (Å²) >= 11 is 0. The summed E-state index contributed by atoms with van der Waals surface area (Å²) in [6.45, 7) is 0. The van der Waals surface area contributed by atoms with Crippen molar-refractivity contribution in [3.05, 3.63) is 18.6 Å². The first-order chi connectivity index (χ1) is 6.25. The monoisotopic (exact) mass is 177 g/mol. The van der Waals surface area contributed by atoms with E-state index in [9.17, 15) is 0 Å². The summed E-state index contributed by atoms with van der Waals surface area (Å²) in [6, 6.07) is 1.72. The Balaban J connectivity index is 2.53. The SMILES string of the molecule is Nc1nc(N)nc(-c2ccoc2)n1. The fourth-order valence-electron chi connectivity index (χ4n) is 0.930. The Kier molecular flexibility index (Phi) is 1.59. The number of nitrogens with zero attached hydrogens (tertiary/aromatic N) is 3. The van der Waals surface area contributed by atoms with Gasteiger partial charge in [-0.25, -0.2) is 0 Å². The minimum atomic E-state index is 0.101. The van der Waals surface area contributed by atoms with Crippen LogP contribution in [0.15, 0.2) is 23.0 Å². The molecule has 0 aliphatic rings. The molecule has 0 amide bonds. The second-order valence-corrected chi connectivity index (χ2v) is 2.39. The van der Waals surface area contributed by atoms with E-state index in [1.807, 2.05) is 0 Å². The van der Waals surface area contributed by atoms with Crippen molar-refractivity contribution < 1.29 is 4.42 Å². The number of anilines is 2. The molecule has 0 fully saturated rings. The third-order valence-corrected chi connectivity index (χ3v) is 1.45. The quantitative estimate of drug-likeness (QED) is 0.649. The van der Waals surface area contributed by atoms with Crippen LogP contribution >= 0.6 is 0 Å². The fraction of sp³-hybridized carbons (Fsp3) is 0. The summed E-state index contributed by atoms with van der Waals surface area (Å²) in [5.41, 5.74) is 11.5. The lowest BCUT2D eigenvalue weighted by molar-refractivity contribution is 0.568. The van der Waals surface area contributed by atoms with Gasteiger partial charge in [0.15, 0.2) is 5.82 Å². The predicted molar refractivity (Wildman–Crippen MR) is 46.4 cm³/mol. The third-order valence-electron chi connectivity index (χ3n) is 1.45. The van der Waals surface area contributed by atoms with Gasteiger partial charge >= 0.3 is 0 Å². The van der Waals surface area contributed by atoms with Crippen LogP contribution in [-0.4, -0.2) is 15.0 Å². The highest BCUT2D eigenvalue weighted by Crippen LogP contribution is 2.15. The zero-order chi connectivity index (χ0) is 9.26. The maximum atomic E-state index is 5.39. The minimum Gasteiger partial charge on any atom is -0.472 e. The van der Waals surface area contributed by atoms with Gasteiger partial charge in [-0.05, 0) is 6.07 Å². The number of furan rings is 1. The molecule has 0 aromatic carbocycles. The van der Waals surface area contributed by atoms with Crippen LogP contribution in [0.25, 0.3) is 11.4 Å². The van der Waals surface area contributed by atoms with Crippen molar-refractivity contribution in [1.82, 2.24) is 15.0 Å². The van der Waals surface area contributed by atoms with Gasteiger partial charge in [-0.2, -0.15) is 15.0 Å². The lowest BCUT2D eigenvalue weighted by atomic mass is 10.3. The molecule has 0 unspecified atom stereocenters. The normalized spacial score (nSPS) is 10.2. The molecule has 6 nitrogen and oxygen atoms in total. The van der Waals surface area contributed by atoms with Crippen LogP contribution in [0.4, 0.5) is 11.9 Å². The van der Waals surface area contributed by atoms with Crippen molar-refractivity contribution in [1.29, 1.82) is 0 Å². The van der Waals surface area contributed by atoms with Gasteiger partial charge in [0.25, 0.3) is 0 Å². The van der Waals surface area contributed by atoms with Crippen LogP contribution in [0.1, 0.15) is 0 Å². The first-order valence-electron chi connectivity index (χ1n) is 3.55. The number of hydrogen-bond donors (Lipinski definition) is 2. The largest absolute Gasteiger partial charge is 0.472 e. The summed E-state index contributed by atoms with van der Waals surface area (Å²) in [6.07, 6.45) is 3.03. The van der Waals surface area contributed by atoms with E-state index in [2.05, 4.69) is 15.0 Å². The molecule has 13 heavy (non-hydrogen) atoms. The van der Waals surface area contributed by atoms with Crippen molar-refractivity contribution >= 4 is 11.9 Å². The molecule has 4 N–H and O–H groups in total. The Bertz CT molecular complexity index is 391. The van der Waals surface area contributed by atoms with Crippen LogP contribution in [-0.2, 0) is 0 Å². The van der Waals surface area contributed by atoms with E-state index in [1.54, 1.807) is 6.07 Å². The third kappa shape index (κ3) is 1.41. The van der Waals surface area contributed by atoms with E-state index in [-0.39, 0.29) is 11.9 Å². The molecular formula is C7H7N5O. The Morgan fingerprint density at radius 3 is 2.31 bits per heavy atom. The summed E-state index contributed by atoms with van der Waals surface area (Å²) in [4.78, 5) is 11.4. The average molecular weight is 177 g/mol. The number of nitrogens with two attached hydrogens (primary N) is 2. The molecule has 2 aromatic rings. The summed E-state index contributed by atoms with van der Waals surface area (Å²) in [7, 11) is 0. The van der Waals surface area contributed by atoms with Gasteiger partial charge in [-0.3, -0.25) is 0 Å². The van der Waals surface area contributed by atoms with Gasteiger partial charge in [0, 0.05) is 0 Å². The molecule has 0 bridgehead atoms. The molecule has 6 heteroatoms. The van der Waals surface area contributed by atoms with Crippen molar-refractivity contribution in [3.8, 4) is 11.4 Å². The maximum absolute atomic E-state index is 5.39. The molecule has 2 heterocycles. The van der Waals surface area contributed by atoms with Gasteiger partial charge in [0.1, 0.15) is 6.26 Å². The number of rotatable bonds is 1. The van der Waals surface area contributed by atoms with Crippen LogP contribution in [0.5, 0.6) is 0 Å². The maximum Gasteiger partial charge on any atom is 0.225 e. The molecule has 0 radical (unpaired) electrons. The van der Waals surface area contributed by atoms with Gasteiger partial charge < -0.3 is 15.9 Å². The Hall–Kier alpha value is -2.11. The topological polar surface area (TPSA) is 104 Å². The predicted octanol–water partition coefficient (Wildman–Crippen LogP) is 0.296. The van der Waals surface area contributed by atoms with Crippen LogP contribution in [0.2, 0.25) is 0 Å². The number of aromatic nitrogens is 3. The van der Waals surface area contributed by atoms with E-state index in [1.165, 1.54) is 12.5 Å². The standard InChI is InChI=1S/C7H7N5O/c8-6-10-5(11-7(9)12-6)4-1-2-13-3-4/h1-3H,(H4,8,9,10,11,12). The Labute approximate surface area is 73.6 Å². The van der Waals surface area contributed by atoms with E-state index in [4.69, 9.17) is 15.9 Å². The van der Waals surface area contributed by atoms with E-state index < -0.39 is 0 Å². The highest BCUT2D eigenvalue weighted by atomic mass is 16.3. The molecule has 2 rings (SSSR count). The molecule has 0 aliphatic carbocycles. The van der Waals surface area contributed by atoms with Crippen LogP contribution in [0.3, 0.4) is 0 Å². The van der Waals surface area contributed by atoms with Crippen LogP contribution < -0.4 is 11.5 Å². The van der Waals surface area contributed by atoms with Crippen LogP contribution in [0, 0.1) is 0 Å². The van der Waals surface area contributed by atoms with Gasteiger partial charge in [-0.1, -0.05) is 0 Å². The second kappa shape index (κ2) is 2.74. The van der Waals surface area contributed by atoms with E-state index in [0.717, 1.165) is 5.56 Å². The van der Waals surface area contributed by atoms with Crippen molar-refractivity contribution in [2.24, 2.45) is 0 Å². The highest BCUT2D eigenvalue weighted by Gasteiger charge is 2.05. The van der Waals surface area contributed by atoms with E-state index in [0.29, 0.717) is 5.82 Å². The van der Waals surface area contributed by atoms with Crippen molar-refractivity contribution in [2.75, 3.05) is 11.5 Å². The molecular weight excluding hydrogens is 170 g/mol. The Morgan fingerprint density at radius 2 is 1.77 bits per heavy atom. The summed E-state index contributed by atoms with van der Waals surface area (Å²) in [5.74, 6) is 0.617. The molecule has 2 aromatic heterocycles. The average Bonchev–Trinajstić information content (AvgIpc) is 2.53. The smallest absolute Gasteiger partial charge is 0.225 e. The lowest BCUT2D eigenvalue weighted by Crippen LogP contribution is -2.03. The molecule has 0 atom stereocenters. The van der Waals surface area contributed by atoms with Gasteiger partial charge in [0.05, 0.1) is 11.8 Å². The molecule has 66 valence electrons. The molecule has 0 saturated heterocycles. The Morgan fingerprint density at radius 1 is 1.08 bits per heavy atom. The van der Waals surface area contributed by atoms with Gasteiger partial charge in [0.2, 0.25) is 11.9 Å². The second-order valence-electron chi connectivity index (χ2n) is 2.39. The van der Waals surface area contributed by atoms with Crippen molar-refractivity contribution in [3.63, 3.8) is 0 Å². The molecule has 0 aliphatic heterocycles. The summed E-state index contributed by atoms with van der Waals surface area (Å²) in [5, 5.41) is 0. The lowest BCUT2D eigenvalue weighted by Gasteiger charge is -1.97. The minimum absolute atomic E-state index is 0.101. The number of hydrogen-bond acceptors (Lipinski definition) is 6. The van der Waals surface area contributed by atoms with Gasteiger partial charge in [-0.15, -0.1) is 0 Å². The first kappa shape index (κ1) is 7.53. The zero-order valence-corrected chi connectivity index (χ0v) is 6.64. The summed E-state index contributed by atoms with van der Waals surface area (Å²) < 4.78 is 4.87. The zero-order valence-electron chi connectivity index (χ0n) is 6.64. The fourth-order valence-corrected chi connectivity index (χ4v) is 0.930. The molecule has 0 spiro atoms. The highest BCUT2D eigenvalue weighted by molar-refractivity contribution is 5.55.